The molecule has 0 aliphatic carbocycles. The Morgan fingerprint density at radius 2 is 1.93 bits per heavy atom. The van der Waals surface area contributed by atoms with E-state index in [1.807, 2.05) is 54.6 Å². The topological polar surface area (TPSA) is 112 Å². The summed E-state index contributed by atoms with van der Waals surface area (Å²) in [6.07, 6.45) is 3.45. The number of hydrogen-bond acceptors (Lipinski definition) is 7. The van der Waals surface area contributed by atoms with Gasteiger partial charge < -0.3 is 21.5 Å². The van der Waals surface area contributed by atoms with E-state index in [9.17, 15) is 0 Å². The van der Waals surface area contributed by atoms with E-state index >= 15 is 0 Å². The van der Waals surface area contributed by atoms with Crippen LogP contribution in [0.3, 0.4) is 0 Å². The monoisotopic (exact) mass is 398 g/mol. The Hall–Kier alpha value is -3.97. The smallest absolute Gasteiger partial charge is 0.163 e. The number of ether oxygens (including phenoxy) is 1. The zero-order chi connectivity index (χ0) is 20.9. The maximum Gasteiger partial charge on any atom is 0.163 e. The second-order valence-electron chi connectivity index (χ2n) is 6.65. The highest BCUT2D eigenvalue weighted by Gasteiger charge is 2.13. The van der Waals surface area contributed by atoms with Gasteiger partial charge in [0.2, 0.25) is 0 Å². The summed E-state index contributed by atoms with van der Waals surface area (Å²) in [5.41, 5.74) is 15.2. The van der Waals surface area contributed by atoms with E-state index in [1.54, 1.807) is 12.4 Å². The molecule has 2 heterocycles. The average molecular weight is 398 g/mol. The number of nitrogens with two attached hydrogens (primary N) is 2. The summed E-state index contributed by atoms with van der Waals surface area (Å²) in [7, 11) is 0. The number of nitrogens with one attached hydrogen (secondary N) is 1. The number of pyridine rings is 1. The van der Waals surface area contributed by atoms with E-state index in [1.165, 1.54) is 0 Å². The number of para-hydroxylation sites is 1. The normalized spacial score (nSPS) is 10.7. The summed E-state index contributed by atoms with van der Waals surface area (Å²) in [4.78, 5) is 13.7. The van der Waals surface area contributed by atoms with E-state index in [-0.39, 0.29) is 0 Å². The molecule has 0 bridgehead atoms. The third kappa shape index (κ3) is 4.06. The van der Waals surface area contributed by atoms with Gasteiger partial charge in [-0.25, -0.2) is 9.97 Å². The Labute approximate surface area is 174 Å². The summed E-state index contributed by atoms with van der Waals surface area (Å²) in [6, 6.07) is 17.1. The fourth-order valence-corrected chi connectivity index (χ4v) is 3.09. The molecule has 2 aromatic heterocycles. The molecule has 0 fully saturated rings. The van der Waals surface area contributed by atoms with Gasteiger partial charge in [-0.1, -0.05) is 24.8 Å². The predicted octanol–water partition coefficient (Wildman–Crippen LogP) is 3.70. The van der Waals surface area contributed by atoms with Crippen LogP contribution in [0.15, 0.2) is 73.6 Å². The zero-order valence-electron chi connectivity index (χ0n) is 16.4. The Kier molecular flexibility index (Phi) is 5.54. The van der Waals surface area contributed by atoms with Crippen LogP contribution in [0.5, 0.6) is 5.75 Å². The van der Waals surface area contributed by atoms with Crippen LogP contribution in [-0.4, -0.2) is 28.1 Å². The van der Waals surface area contributed by atoms with Crippen molar-refractivity contribution in [2.45, 2.75) is 0 Å². The van der Waals surface area contributed by atoms with Gasteiger partial charge in [-0.2, -0.15) is 0 Å². The van der Waals surface area contributed by atoms with Gasteiger partial charge in [0.1, 0.15) is 18.2 Å². The molecule has 5 N–H and O–H groups in total. The molecule has 0 aliphatic heterocycles. The summed E-state index contributed by atoms with van der Waals surface area (Å²) < 4.78 is 5.69. The summed E-state index contributed by atoms with van der Waals surface area (Å²) in [5.74, 6) is 1.90. The van der Waals surface area contributed by atoms with Crippen molar-refractivity contribution in [2.75, 3.05) is 18.5 Å². The summed E-state index contributed by atoms with van der Waals surface area (Å²) >= 11 is 0. The lowest BCUT2D eigenvalue weighted by atomic mass is 10.1. The zero-order valence-corrected chi connectivity index (χ0v) is 16.4. The van der Waals surface area contributed by atoms with Crippen molar-refractivity contribution in [3.05, 3.63) is 79.1 Å². The first-order chi connectivity index (χ1) is 14.7. The van der Waals surface area contributed by atoms with Crippen molar-refractivity contribution in [3.8, 4) is 17.1 Å². The van der Waals surface area contributed by atoms with Crippen molar-refractivity contribution < 1.29 is 4.74 Å². The number of rotatable bonds is 7. The Bertz CT molecular complexity index is 1190. The molecule has 7 heteroatoms. The quantitative estimate of drug-likeness (QED) is 0.435. The molecule has 30 heavy (non-hydrogen) atoms. The number of nitrogens with zero attached hydrogens (tertiary/aromatic N) is 3. The molecule has 0 amide bonds. The molecular formula is C23H22N6O. The molecule has 4 rings (SSSR count). The lowest BCUT2D eigenvalue weighted by Crippen LogP contribution is -2.10. The van der Waals surface area contributed by atoms with Gasteiger partial charge in [-0.15, -0.1) is 0 Å². The first-order valence-electron chi connectivity index (χ1n) is 9.51. The van der Waals surface area contributed by atoms with Crippen LogP contribution in [0.2, 0.25) is 0 Å². The number of benzene rings is 2. The van der Waals surface area contributed by atoms with Crippen molar-refractivity contribution >= 4 is 28.1 Å². The molecule has 0 unspecified atom stereocenters. The maximum absolute atomic E-state index is 5.97. The molecule has 150 valence electrons. The van der Waals surface area contributed by atoms with E-state index in [0.29, 0.717) is 36.2 Å². The minimum atomic E-state index is 0.429. The van der Waals surface area contributed by atoms with E-state index in [0.717, 1.165) is 27.7 Å². The van der Waals surface area contributed by atoms with Crippen molar-refractivity contribution in [3.63, 3.8) is 0 Å². The van der Waals surface area contributed by atoms with Gasteiger partial charge in [0.05, 0.1) is 5.52 Å². The molecule has 4 aromatic rings. The Morgan fingerprint density at radius 1 is 1.07 bits per heavy atom. The molecule has 2 aromatic carbocycles. The maximum atomic E-state index is 5.97. The fraction of sp³-hybridized carbons (Fsp3) is 0.0870. The van der Waals surface area contributed by atoms with Crippen LogP contribution in [-0.2, 0) is 0 Å². The first-order valence-corrected chi connectivity index (χ1v) is 9.51. The molecular weight excluding hydrogens is 376 g/mol. The van der Waals surface area contributed by atoms with E-state index in [4.69, 9.17) is 26.2 Å². The Balaban J connectivity index is 1.86. The van der Waals surface area contributed by atoms with Gasteiger partial charge in [0.25, 0.3) is 0 Å². The molecule has 0 aliphatic rings. The molecule has 7 nitrogen and oxygen atoms in total. The van der Waals surface area contributed by atoms with E-state index in [2.05, 4.69) is 16.9 Å². The SMILES string of the molecule is C=C(N)c1ccccc1Nc1nc(-c2cccnc2)nc2ccc(OCCN)cc12. The van der Waals surface area contributed by atoms with Crippen molar-refractivity contribution in [1.82, 2.24) is 15.0 Å². The highest BCUT2D eigenvalue weighted by Crippen LogP contribution is 2.31. The Morgan fingerprint density at radius 3 is 2.70 bits per heavy atom. The van der Waals surface area contributed by atoms with Crippen molar-refractivity contribution in [1.29, 1.82) is 0 Å². The van der Waals surface area contributed by atoms with Gasteiger partial charge >= 0.3 is 0 Å². The van der Waals surface area contributed by atoms with Crippen LogP contribution in [0, 0.1) is 0 Å². The van der Waals surface area contributed by atoms with E-state index < -0.39 is 0 Å². The molecule has 0 saturated carbocycles. The third-order valence-electron chi connectivity index (χ3n) is 4.50. The third-order valence-corrected chi connectivity index (χ3v) is 4.50. The second-order valence-corrected chi connectivity index (χ2v) is 6.65. The minimum absolute atomic E-state index is 0.429. The van der Waals surface area contributed by atoms with Crippen LogP contribution in [0.4, 0.5) is 11.5 Å². The lowest BCUT2D eigenvalue weighted by Gasteiger charge is -2.15. The van der Waals surface area contributed by atoms with Gasteiger partial charge in [0.15, 0.2) is 5.82 Å². The van der Waals surface area contributed by atoms with Crippen LogP contribution < -0.4 is 21.5 Å². The number of hydrogen-bond donors (Lipinski definition) is 3. The summed E-state index contributed by atoms with van der Waals surface area (Å²) in [6.45, 7) is 4.73. The predicted molar refractivity (Wildman–Crippen MR) is 120 cm³/mol. The van der Waals surface area contributed by atoms with Crippen LogP contribution in [0.1, 0.15) is 5.56 Å². The van der Waals surface area contributed by atoms with Gasteiger partial charge in [-0.05, 0) is 36.4 Å². The molecule has 0 spiro atoms. The minimum Gasteiger partial charge on any atom is -0.492 e. The first kappa shape index (κ1) is 19.4. The fourth-order valence-electron chi connectivity index (χ4n) is 3.09. The van der Waals surface area contributed by atoms with Crippen LogP contribution >= 0.6 is 0 Å². The number of fused-ring (bicyclic) bond motifs is 1. The highest BCUT2D eigenvalue weighted by atomic mass is 16.5. The van der Waals surface area contributed by atoms with Crippen molar-refractivity contribution in [2.24, 2.45) is 11.5 Å². The molecule has 0 saturated heterocycles. The number of anilines is 2. The second kappa shape index (κ2) is 8.59. The molecule has 0 atom stereocenters. The van der Waals surface area contributed by atoms with Crippen LogP contribution in [0.25, 0.3) is 28.0 Å². The molecule has 0 radical (unpaired) electrons. The van der Waals surface area contributed by atoms with Gasteiger partial charge in [0, 0.05) is 46.8 Å². The van der Waals surface area contributed by atoms with Gasteiger partial charge in [-0.3, -0.25) is 4.98 Å². The summed E-state index contributed by atoms with van der Waals surface area (Å²) in [5, 5.41) is 4.21. The highest BCUT2D eigenvalue weighted by molar-refractivity contribution is 5.94. The largest absolute Gasteiger partial charge is 0.492 e. The average Bonchev–Trinajstić information content (AvgIpc) is 2.78. The lowest BCUT2D eigenvalue weighted by molar-refractivity contribution is 0.329. The number of aromatic nitrogens is 3. The standard InChI is InChI=1S/C23H22N6O/c1-15(25)18-6-2-3-7-20(18)28-23-19-13-17(30-12-10-24)8-9-21(19)27-22(29-23)16-5-4-11-26-14-16/h2-9,11,13-14H,1,10,12,24-25H2,(H,27,28,29).